The second kappa shape index (κ2) is 7.28. The Kier molecular flexibility index (Phi) is 5.98. The number of hydrogen-bond donors (Lipinski definition) is 1. The maximum absolute atomic E-state index is 10.4. The molecule has 1 heterocycles. The molecular weight excluding hydrogens is 214 g/mol. The first-order valence-corrected chi connectivity index (χ1v) is 6.39. The first-order chi connectivity index (χ1) is 8.22. The second-order valence-corrected chi connectivity index (χ2v) is 4.44. The topological polar surface area (TPSA) is 42.4 Å². The van der Waals surface area contributed by atoms with E-state index < -0.39 is 6.10 Å². The molecule has 0 bridgehead atoms. The summed E-state index contributed by atoms with van der Waals surface area (Å²) in [6.07, 6.45) is 7.24. The van der Waals surface area contributed by atoms with Crippen molar-refractivity contribution in [3.8, 4) is 5.75 Å². The molecule has 1 unspecified atom stereocenters. The van der Waals surface area contributed by atoms with Crippen molar-refractivity contribution in [2.45, 2.75) is 45.6 Å². The summed E-state index contributed by atoms with van der Waals surface area (Å²) >= 11 is 0. The maximum atomic E-state index is 10.4. The number of nitrogens with zero attached hydrogens (tertiary/aromatic N) is 1. The van der Waals surface area contributed by atoms with E-state index in [-0.39, 0.29) is 0 Å². The van der Waals surface area contributed by atoms with E-state index in [0.717, 1.165) is 31.2 Å². The van der Waals surface area contributed by atoms with Crippen molar-refractivity contribution in [3.05, 3.63) is 24.0 Å². The molecule has 0 saturated heterocycles. The monoisotopic (exact) mass is 237 g/mol. The van der Waals surface area contributed by atoms with Gasteiger partial charge in [0, 0.05) is 11.8 Å². The molecule has 0 aliphatic rings. The lowest BCUT2D eigenvalue weighted by Crippen LogP contribution is -2.13. The Labute approximate surface area is 104 Å². The summed E-state index contributed by atoms with van der Waals surface area (Å²) in [6.45, 7) is 4.30. The summed E-state index contributed by atoms with van der Waals surface area (Å²) in [5, 5.41) is 10.4. The number of methoxy groups -OCH3 is 1. The van der Waals surface area contributed by atoms with Gasteiger partial charge in [-0.15, -0.1) is 0 Å². The predicted octanol–water partition coefficient (Wildman–Crippen LogP) is 3.34. The highest BCUT2D eigenvalue weighted by atomic mass is 16.5. The van der Waals surface area contributed by atoms with E-state index in [1.54, 1.807) is 19.5 Å². The van der Waals surface area contributed by atoms with E-state index in [1.807, 2.05) is 6.07 Å². The van der Waals surface area contributed by atoms with Crippen molar-refractivity contribution in [3.63, 3.8) is 0 Å². The van der Waals surface area contributed by atoms with Crippen LogP contribution >= 0.6 is 0 Å². The molecule has 96 valence electrons. The molecule has 0 amide bonds. The Balaban J connectivity index is 2.79. The van der Waals surface area contributed by atoms with Crippen molar-refractivity contribution in [2.75, 3.05) is 7.11 Å². The molecule has 0 fully saturated rings. The Bertz CT molecular complexity index is 322. The van der Waals surface area contributed by atoms with Crippen LogP contribution in [0.1, 0.15) is 51.2 Å². The van der Waals surface area contributed by atoms with E-state index >= 15 is 0 Å². The van der Waals surface area contributed by atoms with Crippen molar-refractivity contribution >= 4 is 0 Å². The smallest absolute Gasteiger partial charge is 0.137 e. The summed E-state index contributed by atoms with van der Waals surface area (Å²) < 4.78 is 5.13. The van der Waals surface area contributed by atoms with E-state index in [9.17, 15) is 5.11 Å². The SMILES string of the molecule is CCCC(CCC)C(O)c1cncc(OC)c1. The van der Waals surface area contributed by atoms with Gasteiger partial charge in [0.25, 0.3) is 0 Å². The van der Waals surface area contributed by atoms with E-state index in [1.165, 1.54) is 0 Å². The number of ether oxygens (including phenoxy) is 1. The van der Waals surface area contributed by atoms with Gasteiger partial charge in [0.1, 0.15) is 5.75 Å². The van der Waals surface area contributed by atoms with Gasteiger partial charge in [-0.3, -0.25) is 4.98 Å². The van der Waals surface area contributed by atoms with Gasteiger partial charge < -0.3 is 9.84 Å². The first-order valence-electron chi connectivity index (χ1n) is 6.39. The summed E-state index contributed by atoms with van der Waals surface area (Å²) in [4.78, 5) is 4.09. The van der Waals surface area contributed by atoms with Crippen molar-refractivity contribution in [2.24, 2.45) is 5.92 Å². The fourth-order valence-corrected chi connectivity index (χ4v) is 2.18. The molecule has 0 saturated carbocycles. The molecule has 3 nitrogen and oxygen atoms in total. The predicted molar refractivity (Wildman–Crippen MR) is 69.1 cm³/mol. The zero-order valence-electron chi connectivity index (χ0n) is 11.0. The quantitative estimate of drug-likeness (QED) is 0.791. The standard InChI is InChI=1S/C14H23NO2/c1-4-6-11(7-5-2)14(16)12-8-13(17-3)10-15-9-12/h8-11,14,16H,4-7H2,1-3H3. The van der Waals surface area contributed by atoms with E-state index in [4.69, 9.17) is 4.74 Å². The lowest BCUT2D eigenvalue weighted by Gasteiger charge is -2.22. The van der Waals surface area contributed by atoms with Gasteiger partial charge in [0.05, 0.1) is 19.4 Å². The molecule has 1 aromatic rings. The normalized spacial score (nSPS) is 12.8. The molecule has 0 radical (unpaired) electrons. The van der Waals surface area contributed by atoms with E-state index in [0.29, 0.717) is 11.7 Å². The average molecular weight is 237 g/mol. The fourth-order valence-electron chi connectivity index (χ4n) is 2.18. The van der Waals surface area contributed by atoms with Gasteiger partial charge in [-0.25, -0.2) is 0 Å². The van der Waals surface area contributed by atoms with Crippen LogP contribution in [-0.2, 0) is 0 Å². The molecule has 0 aliphatic heterocycles. The fraction of sp³-hybridized carbons (Fsp3) is 0.643. The molecule has 1 rings (SSSR count). The highest BCUT2D eigenvalue weighted by molar-refractivity contribution is 5.25. The molecule has 1 aromatic heterocycles. The highest BCUT2D eigenvalue weighted by Crippen LogP contribution is 2.30. The summed E-state index contributed by atoms with van der Waals surface area (Å²) in [6, 6.07) is 1.87. The lowest BCUT2D eigenvalue weighted by atomic mass is 9.89. The van der Waals surface area contributed by atoms with Crippen LogP contribution in [0, 0.1) is 5.92 Å². The molecule has 0 aliphatic carbocycles. The van der Waals surface area contributed by atoms with E-state index in [2.05, 4.69) is 18.8 Å². The number of aromatic nitrogens is 1. The van der Waals surface area contributed by atoms with Crippen LogP contribution in [0.25, 0.3) is 0 Å². The van der Waals surface area contributed by atoms with Crippen LogP contribution in [-0.4, -0.2) is 17.2 Å². The van der Waals surface area contributed by atoms with Crippen LogP contribution in [0.3, 0.4) is 0 Å². The highest BCUT2D eigenvalue weighted by Gasteiger charge is 2.20. The second-order valence-electron chi connectivity index (χ2n) is 4.44. The minimum Gasteiger partial charge on any atom is -0.495 e. The van der Waals surface area contributed by atoms with Gasteiger partial charge in [0.15, 0.2) is 0 Å². The number of aliphatic hydroxyl groups excluding tert-OH is 1. The van der Waals surface area contributed by atoms with Crippen LogP contribution in [0.2, 0.25) is 0 Å². The van der Waals surface area contributed by atoms with Gasteiger partial charge in [0.2, 0.25) is 0 Å². The largest absolute Gasteiger partial charge is 0.495 e. The Morgan fingerprint density at radius 3 is 2.41 bits per heavy atom. The Morgan fingerprint density at radius 1 is 1.24 bits per heavy atom. The molecule has 1 atom stereocenters. The van der Waals surface area contributed by atoms with Crippen molar-refractivity contribution in [1.82, 2.24) is 4.98 Å². The zero-order chi connectivity index (χ0) is 12.7. The lowest BCUT2D eigenvalue weighted by molar-refractivity contribution is 0.0959. The summed E-state index contributed by atoms with van der Waals surface area (Å²) in [5.74, 6) is 1.02. The molecule has 0 spiro atoms. The summed E-state index contributed by atoms with van der Waals surface area (Å²) in [7, 11) is 1.61. The molecule has 3 heteroatoms. The van der Waals surface area contributed by atoms with Crippen LogP contribution in [0.5, 0.6) is 5.75 Å². The molecule has 17 heavy (non-hydrogen) atoms. The molecule has 0 aromatic carbocycles. The van der Waals surface area contributed by atoms with Gasteiger partial charge in [-0.05, 0) is 24.8 Å². The van der Waals surface area contributed by atoms with Crippen molar-refractivity contribution in [1.29, 1.82) is 0 Å². The molecular formula is C14H23NO2. The third kappa shape index (κ3) is 4.00. The number of rotatable bonds is 7. The van der Waals surface area contributed by atoms with Crippen molar-refractivity contribution < 1.29 is 9.84 Å². The van der Waals surface area contributed by atoms with Gasteiger partial charge >= 0.3 is 0 Å². The van der Waals surface area contributed by atoms with Crippen LogP contribution in [0.4, 0.5) is 0 Å². The van der Waals surface area contributed by atoms with Crippen LogP contribution in [0.15, 0.2) is 18.5 Å². The third-order valence-corrected chi connectivity index (χ3v) is 3.08. The Morgan fingerprint density at radius 2 is 1.88 bits per heavy atom. The molecule has 1 N–H and O–H groups in total. The number of hydrogen-bond acceptors (Lipinski definition) is 3. The third-order valence-electron chi connectivity index (χ3n) is 3.08. The average Bonchev–Trinajstić information content (AvgIpc) is 2.38. The Hall–Kier alpha value is -1.09. The van der Waals surface area contributed by atoms with Gasteiger partial charge in [-0.2, -0.15) is 0 Å². The van der Waals surface area contributed by atoms with Gasteiger partial charge in [-0.1, -0.05) is 26.7 Å². The number of aliphatic hydroxyl groups is 1. The number of pyridine rings is 1. The summed E-state index contributed by atoms with van der Waals surface area (Å²) in [5.41, 5.74) is 0.858. The first kappa shape index (κ1) is 14.0. The zero-order valence-corrected chi connectivity index (χ0v) is 11.0. The van der Waals surface area contributed by atoms with Crippen LogP contribution < -0.4 is 4.74 Å². The minimum atomic E-state index is -0.433. The maximum Gasteiger partial charge on any atom is 0.137 e. The minimum absolute atomic E-state index is 0.318.